The van der Waals surface area contributed by atoms with E-state index in [2.05, 4.69) is 14.3 Å². The van der Waals surface area contributed by atoms with Crippen LogP contribution in [0.3, 0.4) is 0 Å². The third kappa shape index (κ3) is 3.17. The minimum atomic E-state index is -3.68. The van der Waals surface area contributed by atoms with Gasteiger partial charge in [0, 0.05) is 6.54 Å². The lowest BCUT2D eigenvalue weighted by atomic mass is 10.2. The molecule has 0 aliphatic rings. The maximum Gasteiger partial charge on any atom is 0.242 e. The number of hydrogen-bond donors (Lipinski definition) is 1. The number of hydrogen-bond acceptors (Lipinski definition) is 3. The van der Waals surface area contributed by atoms with E-state index in [0.717, 1.165) is 23.4 Å². The smallest absolute Gasteiger partial charge is 0.242 e. The highest BCUT2D eigenvalue weighted by atomic mass is 35.5. The van der Waals surface area contributed by atoms with Gasteiger partial charge in [0.2, 0.25) is 10.0 Å². The Morgan fingerprint density at radius 3 is 2.58 bits per heavy atom. The molecule has 0 saturated carbocycles. The number of fused-ring (bicyclic) bond motifs is 1. The van der Waals surface area contributed by atoms with Crippen molar-refractivity contribution in [1.82, 2.24) is 14.3 Å². The molecule has 1 heterocycles. The summed E-state index contributed by atoms with van der Waals surface area (Å²) in [4.78, 5) is 4.67. The summed E-state index contributed by atoms with van der Waals surface area (Å²) in [7, 11) is -3.68. The average molecular weight is 364 g/mol. The van der Waals surface area contributed by atoms with Gasteiger partial charge in [0.25, 0.3) is 0 Å². The van der Waals surface area contributed by atoms with E-state index in [-0.39, 0.29) is 4.90 Å². The summed E-state index contributed by atoms with van der Waals surface area (Å²) < 4.78 is 29.4. The van der Waals surface area contributed by atoms with Crippen LogP contribution in [0.2, 0.25) is 0 Å². The summed E-state index contributed by atoms with van der Waals surface area (Å²) in [5, 5.41) is 0. The number of aryl methyl sites for hydroxylation is 2. The topological polar surface area (TPSA) is 64.0 Å². The number of sulfonamides is 1. The Morgan fingerprint density at radius 2 is 1.92 bits per heavy atom. The standard InChI is InChI=1S/C17H18ClN3O2S/c1-3-21-12(2)19-15-10-9-13(11-16(15)21)17(18)20-24(22,23)14-7-5-4-6-8-14/h4-11,17,20H,3H2,1-2H3. The van der Waals surface area contributed by atoms with Crippen LogP contribution < -0.4 is 4.72 Å². The molecule has 0 spiro atoms. The zero-order valence-corrected chi connectivity index (χ0v) is 15.0. The normalized spacial score (nSPS) is 13.3. The molecule has 0 radical (unpaired) electrons. The molecule has 126 valence electrons. The summed E-state index contributed by atoms with van der Waals surface area (Å²) in [6.07, 6.45) is 0. The first kappa shape index (κ1) is 17.0. The van der Waals surface area contributed by atoms with Gasteiger partial charge < -0.3 is 4.57 Å². The van der Waals surface area contributed by atoms with Crippen LogP contribution in [0.15, 0.2) is 53.4 Å². The van der Waals surface area contributed by atoms with Crippen molar-refractivity contribution in [3.05, 3.63) is 59.9 Å². The van der Waals surface area contributed by atoms with Crippen LogP contribution in [0.4, 0.5) is 0 Å². The second-order valence-corrected chi connectivity index (χ2v) is 7.60. The quantitative estimate of drug-likeness (QED) is 0.556. The van der Waals surface area contributed by atoms with Crippen LogP contribution in [0.1, 0.15) is 23.8 Å². The molecule has 24 heavy (non-hydrogen) atoms. The van der Waals surface area contributed by atoms with Gasteiger partial charge in [-0.1, -0.05) is 35.9 Å². The molecule has 1 aromatic heterocycles. The van der Waals surface area contributed by atoms with Gasteiger partial charge in [0.15, 0.2) is 0 Å². The number of alkyl halides is 1. The highest BCUT2D eigenvalue weighted by Crippen LogP contribution is 2.25. The highest BCUT2D eigenvalue weighted by molar-refractivity contribution is 7.89. The monoisotopic (exact) mass is 363 g/mol. The number of aromatic nitrogens is 2. The van der Waals surface area contributed by atoms with Gasteiger partial charge in [0.05, 0.1) is 15.9 Å². The first-order valence-electron chi connectivity index (χ1n) is 7.60. The zero-order chi connectivity index (χ0) is 17.3. The van der Waals surface area contributed by atoms with E-state index in [0.29, 0.717) is 5.56 Å². The molecule has 7 heteroatoms. The summed E-state index contributed by atoms with van der Waals surface area (Å²) in [6.45, 7) is 4.77. The van der Waals surface area contributed by atoms with Gasteiger partial charge in [-0.05, 0) is 43.7 Å². The van der Waals surface area contributed by atoms with Crippen molar-refractivity contribution in [2.24, 2.45) is 0 Å². The van der Waals surface area contributed by atoms with Crippen molar-refractivity contribution in [3.8, 4) is 0 Å². The Balaban J connectivity index is 1.93. The lowest BCUT2D eigenvalue weighted by molar-refractivity contribution is 0.579. The molecule has 3 aromatic rings. The number of imidazole rings is 1. The van der Waals surface area contributed by atoms with Crippen molar-refractivity contribution >= 4 is 32.7 Å². The largest absolute Gasteiger partial charge is 0.328 e. The van der Waals surface area contributed by atoms with Crippen molar-refractivity contribution in [2.75, 3.05) is 0 Å². The molecule has 0 bridgehead atoms. The lowest BCUT2D eigenvalue weighted by Gasteiger charge is -2.13. The van der Waals surface area contributed by atoms with Gasteiger partial charge in [-0.25, -0.2) is 13.4 Å². The fraction of sp³-hybridized carbons (Fsp3) is 0.235. The molecule has 0 fully saturated rings. The van der Waals surface area contributed by atoms with Crippen molar-refractivity contribution in [3.63, 3.8) is 0 Å². The first-order valence-corrected chi connectivity index (χ1v) is 9.52. The van der Waals surface area contributed by atoms with Gasteiger partial charge >= 0.3 is 0 Å². The number of halogens is 1. The van der Waals surface area contributed by atoms with E-state index in [1.54, 1.807) is 24.3 Å². The highest BCUT2D eigenvalue weighted by Gasteiger charge is 2.20. The second-order valence-electron chi connectivity index (χ2n) is 5.45. The van der Waals surface area contributed by atoms with Crippen LogP contribution in [0, 0.1) is 6.92 Å². The molecule has 1 N–H and O–H groups in total. The number of rotatable bonds is 5. The number of benzene rings is 2. The molecule has 0 saturated heterocycles. The fourth-order valence-corrected chi connectivity index (χ4v) is 4.24. The molecule has 3 rings (SSSR count). The molecule has 1 unspecified atom stereocenters. The Morgan fingerprint density at radius 1 is 1.21 bits per heavy atom. The van der Waals surface area contributed by atoms with E-state index in [1.165, 1.54) is 12.1 Å². The third-order valence-corrected chi connectivity index (χ3v) is 5.81. The molecule has 1 atom stereocenters. The second kappa shape index (κ2) is 6.55. The van der Waals surface area contributed by atoms with E-state index < -0.39 is 15.5 Å². The summed E-state index contributed by atoms with van der Waals surface area (Å²) in [5.41, 5.74) is 1.63. The number of nitrogens with one attached hydrogen (secondary N) is 1. The Labute approximate surface area is 146 Å². The van der Waals surface area contributed by atoms with Gasteiger partial charge in [-0.2, -0.15) is 4.72 Å². The lowest BCUT2D eigenvalue weighted by Crippen LogP contribution is -2.25. The van der Waals surface area contributed by atoms with E-state index in [1.807, 2.05) is 26.0 Å². The van der Waals surface area contributed by atoms with Crippen LogP contribution in [0.5, 0.6) is 0 Å². The fourth-order valence-electron chi connectivity index (χ4n) is 2.69. The summed E-state index contributed by atoms with van der Waals surface area (Å²) >= 11 is 6.32. The summed E-state index contributed by atoms with van der Waals surface area (Å²) in [5.74, 6) is 0.917. The Hall–Kier alpha value is -1.89. The molecule has 0 amide bonds. The minimum absolute atomic E-state index is 0.186. The number of nitrogens with zero attached hydrogens (tertiary/aromatic N) is 2. The van der Waals surface area contributed by atoms with E-state index >= 15 is 0 Å². The molecule has 5 nitrogen and oxygen atoms in total. The summed E-state index contributed by atoms with van der Waals surface area (Å²) in [6, 6.07) is 13.7. The van der Waals surface area contributed by atoms with Crippen molar-refractivity contribution < 1.29 is 8.42 Å². The van der Waals surface area contributed by atoms with Crippen LogP contribution in [-0.2, 0) is 16.6 Å². The predicted octanol–water partition coefficient (Wildman–Crippen LogP) is 3.58. The van der Waals surface area contributed by atoms with Gasteiger partial charge in [0.1, 0.15) is 11.3 Å². The van der Waals surface area contributed by atoms with Gasteiger partial charge in [-0.3, -0.25) is 0 Å². The Bertz CT molecular complexity index is 968. The van der Waals surface area contributed by atoms with Crippen LogP contribution in [0.25, 0.3) is 11.0 Å². The molecule has 0 aliphatic heterocycles. The Kier molecular flexibility index (Phi) is 4.62. The average Bonchev–Trinajstić information content (AvgIpc) is 2.89. The predicted molar refractivity (Wildman–Crippen MR) is 95.5 cm³/mol. The molecular formula is C17H18ClN3O2S. The molecule has 0 aliphatic carbocycles. The zero-order valence-electron chi connectivity index (χ0n) is 13.4. The SMILES string of the molecule is CCn1c(C)nc2ccc(C(Cl)NS(=O)(=O)c3ccccc3)cc21. The van der Waals surface area contributed by atoms with Gasteiger partial charge in [-0.15, -0.1) is 0 Å². The minimum Gasteiger partial charge on any atom is -0.328 e. The van der Waals surface area contributed by atoms with Crippen LogP contribution >= 0.6 is 11.6 Å². The van der Waals surface area contributed by atoms with Crippen molar-refractivity contribution in [1.29, 1.82) is 0 Å². The maximum absolute atomic E-state index is 12.4. The van der Waals surface area contributed by atoms with E-state index in [9.17, 15) is 8.42 Å². The van der Waals surface area contributed by atoms with E-state index in [4.69, 9.17) is 11.6 Å². The third-order valence-electron chi connectivity index (χ3n) is 3.88. The maximum atomic E-state index is 12.4. The molecular weight excluding hydrogens is 346 g/mol. The van der Waals surface area contributed by atoms with Crippen molar-refractivity contribution in [2.45, 2.75) is 30.8 Å². The first-order chi connectivity index (χ1) is 11.4. The van der Waals surface area contributed by atoms with Crippen LogP contribution in [-0.4, -0.2) is 18.0 Å². The molecule has 2 aromatic carbocycles.